The van der Waals surface area contributed by atoms with Crippen molar-refractivity contribution in [1.82, 2.24) is 0 Å². The lowest BCUT2D eigenvalue weighted by molar-refractivity contribution is 0.348. The summed E-state index contributed by atoms with van der Waals surface area (Å²) in [7, 11) is 1.39. The van der Waals surface area contributed by atoms with Crippen LogP contribution in [0.25, 0.3) is 5.76 Å². The molecule has 0 N–H and O–H groups in total. The van der Waals surface area contributed by atoms with Gasteiger partial charge in [0.1, 0.15) is 17.9 Å². The molecule has 1 aromatic rings. The average molecular weight is 188 g/mol. The van der Waals surface area contributed by atoms with Gasteiger partial charge in [0.2, 0.25) is 0 Å². The van der Waals surface area contributed by atoms with Crippen LogP contribution >= 0.6 is 0 Å². The summed E-state index contributed by atoms with van der Waals surface area (Å²) in [6.45, 7) is 1.77. The average Bonchev–Trinajstić information content (AvgIpc) is 2.60. The van der Waals surface area contributed by atoms with E-state index in [9.17, 15) is 0 Å². The van der Waals surface area contributed by atoms with Gasteiger partial charge in [0.05, 0.1) is 7.11 Å². The summed E-state index contributed by atoms with van der Waals surface area (Å²) < 4.78 is 10.2. The first-order valence-corrected chi connectivity index (χ1v) is 3.88. The topological polar surface area (TPSA) is 69.9 Å². The zero-order valence-corrected chi connectivity index (χ0v) is 7.87. The Morgan fingerprint density at radius 2 is 2.00 bits per heavy atom. The van der Waals surface area contributed by atoms with Crippen molar-refractivity contribution in [2.24, 2.45) is 0 Å². The summed E-state index contributed by atoms with van der Waals surface area (Å²) in [5.74, 6) is 1.26. The molecule has 1 rings (SSSR count). The molecule has 70 valence electrons. The number of methoxy groups -OCH3 is 1. The van der Waals surface area contributed by atoms with E-state index in [1.54, 1.807) is 31.2 Å². The van der Waals surface area contributed by atoms with Crippen LogP contribution in [0.3, 0.4) is 0 Å². The molecule has 14 heavy (non-hydrogen) atoms. The Labute approximate surface area is 81.6 Å². The lowest BCUT2D eigenvalue weighted by atomic mass is 10.2. The number of nitrogens with zero attached hydrogens (tertiary/aromatic N) is 2. The number of nitriles is 2. The van der Waals surface area contributed by atoms with Gasteiger partial charge in [0.25, 0.3) is 0 Å². The minimum Gasteiger partial charge on any atom is -0.491 e. The predicted octanol–water partition coefficient (Wildman–Crippen LogP) is 1.99. The third-order valence-electron chi connectivity index (χ3n) is 1.62. The van der Waals surface area contributed by atoms with Gasteiger partial charge in [-0.3, -0.25) is 0 Å². The van der Waals surface area contributed by atoms with Gasteiger partial charge in [-0.2, -0.15) is 10.5 Å². The highest BCUT2D eigenvalue weighted by Gasteiger charge is 2.12. The molecule has 4 heteroatoms. The maximum Gasteiger partial charge on any atom is 0.190 e. The fourth-order valence-electron chi connectivity index (χ4n) is 1.01. The molecule has 0 radical (unpaired) electrons. The molecule has 0 aromatic carbocycles. The van der Waals surface area contributed by atoms with Gasteiger partial charge in [0.15, 0.2) is 17.1 Å². The normalized spacial score (nSPS) is 8.57. The van der Waals surface area contributed by atoms with Crippen molar-refractivity contribution in [3.05, 3.63) is 29.2 Å². The van der Waals surface area contributed by atoms with Crippen LogP contribution in [0.2, 0.25) is 0 Å². The highest BCUT2D eigenvalue weighted by Crippen LogP contribution is 2.21. The molecule has 4 nitrogen and oxygen atoms in total. The molecule has 1 aromatic heterocycles. The summed E-state index contributed by atoms with van der Waals surface area (Å²) in [6, 6.07) is 6.88. The zero-order chi connectivity index (χ0) is 10.6. The Morgan fingerprint density at radius 3 is 2.36 bits per heavy atom. The smallest absolute Gasteiger partial charge is 0.190 e. The van der Waals surface area contributed by atoms with Crippen molar-refractivity contribution < 1.29 is 9.15 Å². The van der Waals surface area contributed by atoms with Crippen LogP contribution in [-0.2, 0) is 4.74 Å². The highest BCUT2D eigenvalue weighted by molar-refractivity contribution is 5.67. The Bertz CT molecular complexity index is 427. The lowest BCUT2D eigenvalue weighted by Gasteiger charge is -2.01. The molecule has 0 saturated carbocycles. The number of rotatable bonds is 2. The number of allylic oxidation sites excluding steroid dienone is 1. The van der Waals surface area contributed by atoms with E-state index < -0.39 is 0 Å². The largest absolute Gasteiger partial charge is 0.491 e. The van der Waals surface area contributed by atoms with Crippen LogP contribution < -0.4 is 0 Å². The van der Waals surface area contributed by atoms with E-state index in [2.05, 4.69) is 0 Å². The molecule has 0 amide bonds. The van der Waals surface area contributed by atoms with Gasteiger partial charge < -0.3 is 9.15 Å². The lowest BCUT2D eigenvalue weighted by Crippen LogP contribution is -1.89. The quantitative estimate of drug-likeness (QED) is 0.525. The summed E-state index contributed by atoms with van der Waals surface area (Å²) in [5, 5.41) is 17.3. The first-order valence-electron chi connectivity index (χ1n) is 3.88. The number of hydrogen-bond acceptors (Lipinski definition) is 4. The number of ether oxygens (including phenoxy) is 1. The zero-order valence-electron chi connectivity index (χ0n) is 7.87. The molecular weight excluding hydrogens is 180 g/mol. The van der Waals surface area contributed by atoms with Crippen LogP contribution in [0.1, 0.15) is 11.5 Å². The van der Waals surface area contributed by atoms with E-state index in [1.807, 2.05) is 0 Å². The standard InChI is InChI=1S/C10H8N2O2/c1-7-3-4-9(14-7)10(13-2)8(5-11)6-12/h3-4H,1-2H3. The number of hydrogen-bond donors (Lipinski definition) is 0. The molecule has 0 aliphatic rings. The van der Waals surface area contributed by atoms with Crippen molar-refractivity contribution >= 4 is 5.76 Å². The SMILES string of the molecule is COC(=C(C#N)C#N)c1ccc(C)o1. The molecule has 0 saturated heterocycles. The Hall–Kier alpha value is -2.20. The highest BCUT2D eigenvalue weighted by atomic mass is 16.5. The molecule has 0 bridgehead atoms. The summed E-state index contributed by atoms with van der Waals surface area (Å²) >= 11 is 0. The van der Waals surface area contributed by atoms with Crippen molar-refractivity contribution in [1.29, 1.82) is 10.5 Å². The molecule has 0 unspecified atom stereocenters. The summed E-state index contributed by atoms with van der Waals surface area (Å²) in [5.41, 5.74) is -0.0955. The predicted molar refractivity (Wildman–Crippen MR) is 48.6 cm³/mol. The number of aryl methyl sites for hydroxylation is 1. The van der Waals surface area contributed by atoms with Gasteiger partial charge in [-0.25, -0.2) is 0 Å². The van der Waals surface area contributed by atoms with E-state index in [1.165, 1.54) is 7.11 Å². The van der Waals surface area contributed by atoms with Crippen LogP contribution in [0.5, 0.6) is 0 Å². The van der Waals surface area contributed by atoms with Gasteiger partial charge in [-0.05, 0) is 19.1 Å². The van der Waals surface area contributed by atoms with Crippen molar-refractivity contribution in [3.63, 3.8) is 0 Å². The van der Waals surface area contributed by atoms with Crippen LogP contribution in [-0.4, -0.2) is 7.11 Å². The van der Waals surface area contributed by atoms with E-state index >= 15 is 0 Å². The molecule has 0 aliphatic carbocycles. The molecule has 1 heterocycles. The van der Waals surface area contributed by atoms with E-state index in [0.717, 1.165) is 0 Å². The molecular formula is C10H8N2O2. The van der Waals surface area contributed by atoms with Crippen LogP contribution in [0, 0.1) is 29.6 Å². The maximum atomic E-state index is 8.64. The van der Waals surface area contributed by atoms with E-state index in [4.69, 9.17) is 19.7 Å². The Kier molecular flexibility index (Phi) is 2.93. The second-order valence-electron chi connectivity index (χ2n) is 2.54. The Morgan fingerprint density at radius 1 is 1.36 bits per heavy atom. The minimum atomic E-state index is -0.0955. The minimum absolute atomic E-state index is 0.0955. The second kappa shape index (κ2) is 4.15. The first kappa shape index (κ1) is 9.88. The molecule has 0 atom stereocenters. The van der Waals surface area contributed by atoms with Gasteiger partial charge in [-0.1, -0.05) is 0 Å². The van der Waals surface area contributed by atoms with Gasteiger partial charge in [0, 0.05) is 0 Å². The molecule has 0 aliphatic heterocycles. The van der Waals surface area contributed by atoms with Crippen molar-refractivity contribution in [2.45, 2.75) is 6.92 Å². The Balaban J connectivity index is 3.25. The fraction of sp³-hybridized carbons (Fsp3) is 0.200. The monoisotopic (exact) mass is 188 g/mol. The first-order chi connectivity index (χ1) is 6.72. The van der Waals surface area contributed by atoms with Crippen molar-refractivity contribution in [3.8, 4) is 12.1 Å². The third-order valence-corrected chi connectivity index (χ3v) is 1.62. The van der Waals surface area contributed by atoms with Gasteiger partial charge >= 0.3 is 0 Å². The summed E-state index contributed by atoms with van der Waals surface area (Å²) in [4.78, 5) is 0. The van der Waals surface area contributed by atoms with Crippen LogP contribution in [0.15, 0.2) is 22.1 Å². The fourth-order valence-corrected chi connectivity index (χ4v) is 1.01. The van der Waals surface area contributed by atoms with Gasteiger partial charge in [-0.15, -0.1) is 0 Å². The van der Waals surface area contributed by atoms with Crippen LogP contribution in [0.4, 0.5) is 0 Å². The van der Waals surface area contributed by atoms with E-state index in [-0.39, 0.29) is 11.3 Å². The van der Waals surface area contributed by atoms with E-state index in [0.29, 0.717) is 11.5 Å². The second-order valence-corrected chi connectivity index (χ2v) is 2.54. The third kappa shape index (κ3) is 1.75. The summed E-state index contributed by atoms with van der Waals surface area (Å²) in [6.07, 6.45) is 0. The molecule has 0 fully saturated rings. The molecule has 0 spiro atoms. The van der Waals surface area contributed by atoms with Crippen molar-refractivity contribution in [2.75, 3.05) is 7.11 Å². The maximum absolute atomic E-state index is 8.64. The number of furan rings is 1.